The van der Waals surface area contributed by atoms with E-state index in [0.717, 1.165) is 22.8 Å². The van der Waals surface area contributed by atoms with Crippen LogP contribution in [0.1, 0.15) is 15.9 Å². The Hall–Kier alpha value is -3.47. The number of fused-ring (bicyclic) bond motifs is 3. The summed E-state index contributed by atoms with van der Waals surface area (Å²) in [6.45, 7) is 0.536. The minimum absolute atomic E-state index is 0.194. The lowest BCUT2D eigenvalue weighted by Gasteiger charge is -2.07. The molecule has 0 radical (unpaired) electrons. The summed E-state index contributed by atoms with van der Waals surface area (Å²) >= 11 is 0. The molecular formula is C21H16N2O3. The monoisotopic (exact) mass is 344 g/mol. The Morgan fingerprint density at radius 2 is 1.85 bits per heavy atom. The van der Waals surface area contributed by atoms with Crippen molar-refractivity contribution in [1.29, 1.82) is 0 Å². The standard InChI is InChI=1S/C21H16N2O3/c24-20(23-11-8-14-4-2-1-3-5-14)15-6-7-17-16-9-10-22-13-18(16)21(25)26-19(17)12-15/h1-7,9-10,12-13H,8,11H2,(H,23,24). The lowest BCUT2D eigenvalue weighted by Crippen LogP contribution is -2.25. The zero-order valence-electron chi connectivity index (χ0n) is 13.9. The van der Waals surface area contributed by atoms with Crippen LogP contribution in [0.25, 0.3) is 21.7 Å². The molecule has 0 saturated heterocycles. The Labute approximate surface area is 149 Å². The number of nitrogens with zero attached hydrogens (tertiary/aromatic N) is 1. The minimum atomic E-state index is -0.456. The highest BCUT2D eigenvalue weighted by molar-refractivity contribution is 6.06. The second kappa shape index (κ2) is 6.80. The van der Waals surface area contributed by atoms with E-state index in [2.05, 4.69) is 10.3 Å². The molecule has 1 amide bonds. The summed E-state index contributed by atoms with van der Waals surface area (Å²) in [6.07, 6.45) is 3.88. The molecule has 5 heteroatoms. The van der Waals surface area contributed by atoms with Gasteiger partial charge < -0.3 is 9.73 Å². The smallest absolute Gasteiger partial charge is 0.345 e. The largest absolute Gasteiger partial charge is 0.422 e. The number of pyridine rings is 1. The normalized spacial score (nSPS) is 10.9. The molecule has 26 heavy (non-hydrogen) atoms. The number of hydrogen-bond acceptors (Lipinski definition) is 4. The lowest BCUT2D eigenvalue weighted by atomic mass is 10.1. The summed E-state index contributed by atoms with van der Waals surface area (Å²) in [5.74, 6) is -0.194. The molecule has 0 fully saturated rings. The molecular weight excluding hydrogens is 328 g/mol. The molecule has 0 unspecified atom stereocenters. The third-order valence-electron chi connectivity index (χ3n) is 4.32. The van der Waals surface area contributed by atoms with E-state index in [-0.39, 0.29) is 5.91 Å². The Morgan fingerprint density at radius 3 is 2.69 bits per heavy atom. The molecule has 4 aromatic rings. The molecule has 0 atom stereocenters. The van der Waals surface area contributed by atoms with Gasteiger partial charge in [0.05, 0.1) is 5.39 Å². The molecule has 1 N–H and O–H groups in total. The fourth-order valence-corrected chi connectivity index (χ4v) is 2.98. The molecule has 0 aliphatic rings. The number of amides is 1. The van der Waals surface area contributed by atoms with Crippen molar-refractivity contribution in [3.63, 3.8) is 0 Å². The van der Waals surface area contributed by atoms with E-state index < -0.39 is 5.63 Å². The molecule has 0 saturated carbocycles. The lowest BCUT2D eigenvalue weighted by molar-refractivity contribution is 0.0954. The van der Waals surface area contributed by atoms with E-state index in [9.17, 15) is 9.59 Å². The summed E-state index contributed by atoms with van der Waals surface area (Å²) < 4.78 is 5.36. The maximum Gasteiger partial charge on any atom is 0.345 e. The molecule has 0 spiro atoms. The van der Waals surface area contributed by atoms with Gasteiger partial charge in [0.2, 0.25) is 0 Å². The van der Waals surface area contributed by atoms with Crippen molar-refractivity contribution in [1.82, 2.24) is 10.3 Å². The predicted octanol–water partition coefficient (Wildman–Crippen LogP) is 3.31. The van der Waals surface area contributed by atoms with Crippen LogP contribution in [0.15, 0.2) is 76.2 Å². The third-order valence-corrected chi connectivity index (χ3v) is 4.32. The quantitative estimate of drug-likeness (QED) is 0.455. The Bertz CT molecular complexity index is 1150. The van der Waals surface area contributed by atoms with Crippen LogP contribution in [0.2, 0.25) is 0 Å². The van der Waals surface area contributed by atoms with E-state index in [1.807, 2.05) is 30.3 Å². The van der Waals surface area contributed by atoms with Crippen molar-refractivity contribution in [2.24, 2.45) is 0 Å². The molecule has 0 bridgehead atoms. The van der Waals surface area contributed by atoms with Gasteiger partial charge in [0, 0.05) is 35.3 Å². The highest BCUT2D eigenvalue weighted by atomic mass is 16.4. The summed E-state index contributed by atoms with van der Waals surface area (Å²) in [6, 6.07) is 16.9. The number of hydrogen-bond donors (Lipinski definition) is 1. The fraction of sp³-hybridized carbons (Fsp3) is 0.0952. The van der Waals surface area contributed by atoms with Crippen molar-refractivity contribution >= 4 is 27.6 Å². The molecule has 2 aromatic heterocycles. The van der Waals surface area contributed by atoms with Gasteiger partial charge in [-0.05, 0) is 36.2 Å². The van der Waals surface area contributed by atoms with Gasteiger partial charge in [-0.3, -0.25) is 9.78 Å². The first-order valence-electron chi connectivity index (χ1n) is 8.35. The van der Waals surface area contributed by atoms with Crippen LogP contribution in [0, 0.1) is 0 Å². The van der Waals surface area contributed by atoms with E-state index in [0.29, 0.717) is 23.1 Å². The molecule has 128 valence electrons. The summed E-state index contributed by atoms with van der Waals surface area (Å²) in [5, 5.41) is 4.87. The maximum absolute atomic E-state index is 12.4. The SMILES string of the molecule is O=C(NCCc1ccccc1)c1ccc2c(c1)oc(=O)c1cnccc12. The molecule has 5 nitrogen and oxygen atoms in total. The Morgan fingerprint density at radius 1 is 1.00 bits per heavy atom. The number of carbonyl (C=O) groups is 1. The van der Waals surface area contributed by atoms with Gasteiger partial charge in [-0.25, -0.2) is 4.79 Å². The Kier molecular flexibility index (Phi) is 4.19. The van der Waals surface area contributed by atoms with Crippen LogP contribution < -0.4 is 10.9 Å². The van der Waals surface area contributed by atoms with Gasteiger partial charge in [0.25, 0.3) is 5.91 Å². The van der Waals surface area contributed by atoms with Gasteiger partial charge in [-0.2, -0.15) is 0 Å². The topological polar surface area (TPSA) is 72.2 Å². The highest BCUT2D eigenvalue weighted by Gasteiger charge is 2.11. The first-order chi connectivity index (χ1) is 12.7. The summed E-state index contributed by atoms with van der Waals surface area (Å²) in [4.78, 5) is 28.4. The average Bonchev–Trinajstić information content (AvgIpc) is 2.68. The fourth-order valence-electron chi connectivity index (χ4n) is 2.98. The van der Waals surface area contributed by atoms with Crippen LogP contribution in [-0.4, -0.2) is 17.4 Å². The van der Waals surface area contributed by atoms with Crippen LogP contribution in [0.3, 0.4) is 0 Å². The van der Waals surface area contributed by atoms with Crippen molar-refractivity contribution < 1.29 is 9.21 Å². The molecule has 0 aliphatic carbocycles. The van der Waals surface area contributed by atoms with E-state index >= 15 is 0 Å². The summed E-state index contributed by atoms with van der Waals surface area (Å²) in [5.41, 5.74) is 1.56. The first kappa shape index (κ1) is 16.0. The molecule has 2 aromatic carbocycles. The first-order valence-corrected chi connectivity index (χ1v) is 8.35. The zero-order valence-corrected chi connectivity index (χ0v) is 13.9. The third kappa shape index (κ3) is 3.07. The highest BCUT2D eigenvalue weighted by Crippen LogP contribution is 2.23. The maximum atomic E-state index is 12.4. The molecule has 2 heterocycles. The van der Waals surface area contributed by atoms with Crippen molar-refractivity contribution in [2.45, 2.75) is 6.42 Å². The van der Waals surface area contributed by atoms with Crippen molar-refractivity contribution in [3.05, 3.63) is 88.5 Å². The number of aromatic nitrogens is 1. The van der Waals surface area contributed by atoms with Crippen molar-refractivity contribution in [3.8, 4) is 0 Å². The van der Waals surface area contributed by atoms with Gasteiger partial charge in [-0.15, -0.1) is 0 Å². The van der Waals surface area contributed by atoms with Crippen LogP contribution in [0.5, 0.6) is 0 Å². The van der Waals surface area contributed by atoms with Crippen molar-refractivity contribution in [2.75, 3.05) is 6.54 Å². The van der Waals surface area contributed by atoms with Crippen LogP contribution in [0.4, 0.5) is 0 Å². The zero-order chi connectivity index (χ0) is 17.9. The number of rotatable bonds is 4. The average molecular weight is 344 g/mol. The molecule has 0 aliphatic heterocycles. The Balaban J connectivity index is 1.58. The van der Waals surface area contributed by atoms with E-state index in [1.54, 1.807) is 30.5 Å². The molecule has 4 rings (SSSR count). The number of carbonyl (C=O) groups excluding carboxylic acids is 1. The second-order valence-electron chi connectivity index (χ2n) is 6.01. The second-order valence-corrected chi connectivity index (χ2v) is 6.01. The minimum Gasteiger partial charge on any atom is -0.422 e. The van der Waals surface area contributed by atoms with Gasteiger partial charge in [-0.1, -0.05) is 30.3 Å². The van der Waals surface area contributed by atoms with Crippen LogP contribution in [-0.2, 0) is 6.42 Å². The predicted molar refractivity (Wildman–Crippen MR) is 100 cm³/mol. The summed E-state index contributed by atoms with van der Waals surface area (Å²) in [7, 11) is 0. The van der Waals surface area contributed by atoms with Crippen LogP contribution >= 0.6 is 0 Å². The van der Waals surface area contributed by atoms with E-state index in [1.165, 1.54) is 6.20 Å². The van der Waals surface area contributed by atoms with Gasteiger partial charge in [0.15, 0.2) is 0 Å². The van der Waals surface area contributed by atoms with E-state index in [4.69, 9.17) is 4.42 Å². The van der Waals surface area contributed by atoms with Gasteiger partial charge >= 0.3 is 5.63 Å². The number of nitrogens with one attached hydrogen (secondary N) is 1. The van der Waals surface area contributed by atoms with Gasteiger partial charge in [0.1, 0.15) is 5.58 Å². The number of benzene rings is 2.